The normalized spacial score (nSPS) is 11.4. The molecule has 5 rings (SSSR count). The number of fused-ring (bicyclic) bond motifs is 1. The Balaban J connectivity index is 1.25. The summed E-state index contributed by atoms with van der Waals surface area (Å²) in [7, 11) is -4.42. The highest BCUT2D eigenvalue weighted by Gasteiger charge is 2.24. The van der Waals surface area contributed by atoms with Crippen molar-refractivity contribution in [2.75, 3.05) is 17.6 Å². The maximum absolute atomic E-state index is 13.0. The van der Waals surface area contributed by atoms with E-state index in [9.17, 15) is 28.1 Å². The van der Waals surface area contributed by atoms with Crippen LogP contribution in [-0.4, -0.2) is 36.1 Å². The summed E-state index contributed by atoms with van der Waals surface area (Å²) < 4.78 is 35.0. The Morgan fingerprint density at radius 1 is 0.978 bits per heavy atom. The molecule has 0 saturated heterocycles. The predicted octanol–water partition coefficient (Wildman–Crippen LogP) is 6.29. The highest BCUT2D eigenvalue weighted by Crippen LogP contribution is 2.29. The number of nitro benzene ring substituents is 1. The molecule has 0 radical (unpaired) electrons. The summed E-state index contributed by atoms with van der Waals surface area (Å²) in [6.07, 6.45) is 1.79. The first-order chi connectivity index (χ1) is 21.7. The second-order valence-electron chi connectivity index (χ2n) is 10.1. The van der Waals surface area contributed by atoms with Crippen LogP contribution in [0, 0.1) is 10.1 Å². The third kappa shape index (κ3) is 7.44. The monoisotopic (exact) mass is 646 g/mol. The van der Waals surface area contributed by atoms with E-state index in [1.165, 1.54) is 24.3 Å². The van der Waals surface area contributed by atoms with Crippen molar-refractivity contribution in [3.05, 3.63) is 117 Å². The number of oxazole rings is 1. The van der Waals surface area contributed by atoms with Gasteiger partial charge in [-0.2, -0.15) is 0 Å². The fraction of sp³-hybridized carbons (Fsp3) is 0.188. The number of amides is 1. The number of hydrogen-bond donors (Lipinski definition) is 2. The topological polar surface area (TPSA) is 154 Å². The molecule has 0 aliphatic rings. The molecular weight excluding hydrogens is 617 g/mol. The molecule has 5 aromatic rings. The van der Waals surface area contributed by atoms with Crippen molar-refractivity contribution in [2.45, 2.75) is 36.1 Å². The average Bonchev–Trinajstić information content (AvgIpc) is 3.36. The number of carbonyl (C=O) groups excluding carboxylic acids is 1. The quantitative estimate of drug-likeness (QED) is 0.0650. The van der Waals surface area contributed by atoms with Gasteiger partial charge in [-0.25, -0.2) is 17.9 Å². The van der Waals surface area contributed by atoms with Gasteiger partial charge in [0.15, 0.2) is 5.58 Å². The van der Waals surface area contributed by atoms with E-state index in [2.05, 4.69) is 5.32 Å². The molecule has 0 aliphatic carbocycles. The number of aryl methyl sites for hydroxylation is 1. The van der Waals surface area contributed by atoms with E-state index in [4.69, 9.17) is 4.42 Å². The molecule has 0 saturated carbocycles. The number of nitrogens with zero attached hydrogens (tertiary/aromatic N) is 2. The van der Waals surface area contributed by atoms with Gasteiger partial charge in [0.1, 0.15) is 5.69 Å². The van der Waals surface area contributed by atoms with Gasteiger partial charge in [0.25, 0.3) is 21.6 Å². The maximum atomic E-state index is 13.0. The average molecular weight is 647 g/mol. The number of benzene rings is 4. The van der Waals surface area contributed by atoms with Crippen LogP contribution < -0.4 is 15.8 Å². The molecule has 1 heterocycles. The molecule has 45 heavy (non-hydrogen) atoms. The van der Waals surface area contributed by atoms with E-state index in [0.717, 1.165) is 34.9 Å². The minimum atomic E-state index is -4.42. The third-order valence-electron chi connectivity index (χ3n) is 7.02. The van der Waals surface area contributed by atoms with E-state index >= 15 is 0 Å². The number of aromatic nitrogens is 1. The van der Waals surface area contributed by atoms with Gasteiger partial charge in [-0.05, 0) is 66.1 Å². The molecule has 4 aromatic carbocycles. The smallest absolute Gasteiger partial charge is 0.408 e. The number of rotatable bonds is 13. The van der Waals surface area contributed by atoms with Gasteiger partial charge < -0.3 is 9.73 Å². The number of hydrogen-bond acceptors (Lipinski definition) is 9. The Hall–Kier alpha value is -4.88. The lowest BCUT2D eigenvalue weighted by Crippen LogP contribution is -2.30. The van der Waals surface area contributed by atoms with Crippen molar-refractivity contribution in [3.8, 4) is 11.1 Å². The number of thioether (sulfide) groups is 1. The minimum absolute atomic E-state index is 0.0735. The Morgan fingerprint density at radius 2 is 1.71 bits per heavy atom. The standard InChI is InChI=1S/C32H30N4O7S2/c1-2-3-18-35-28-16-13-24(20-30(28)43-32(35)38)22-9-11-23(12-10-22)31(37)34-45(41,42)26-14-15-27(29(21-26)36(39)40)33-17-19-44-25-7-5-4-6-8-25/h4-16,20-21,33H,2-3,17-19H2,1H3,(H,34,37). The number of nitrogens with one attached hydrogen (secondary N) is 2. The molecule has 0 aliphatic heterocycles. The fourth-order valence-corrected chi connectivity index (χ4v) is 6.46. The van der Waals surface area contributed by atoms with Gasteiger partial charge in [0.05, 0.1) is 15.3 Å². The Kier molecular flexibility index (Phi) is 9.69. The zero-order valence-corrected chi connectivity index (χ0v) is 25.9. The highest BCUT2D eigenvalue weighted by atomic mass is 32.2. The molecule has 0 unspecified atom stereocenters. The van der Waals surface area contributed by atoms with Gasteiger partial charge in [-0.1, -0.05) is 49.7 Å². The summed E-state index contributed by atoms with van der Waals surface area (Å²) >= 11 is 1.58. The molecule has 1 amide bonds. The van der Waals surface area contributed by atoms with Gasteiger partial charge in [-0.15, -0.1) is 11.8 Å². The van der Waals surface area contributed by atoms with Crippen molar-refractivity contribution in [1.29, 1.82) is 0 Å². The van der Waals surface area contributed by atoms with Gasteiger partial charge >= 0.3 is 5.76 Å². The molecule has 2 N–H and O–H groups in total. The van der Waals surface area contributed by atoms with Crippen molar-refractivity contribution in [2.24, 2.45) is 0 Å². The lowest BCUT2D eigenvalue weighted by Gasteiger charge is -2.11. The molecule has 0 spiro atoms. The molecule has 0 atom stereocenters. The summed E-state index contributed by atoms with van der Waals surface area (Å²) in [6, 6.07) is 24.8. The Labute approximate surface area is 263 Å². The summed E-state index contributed by atoms with van der Waals surface area (Å²) in [4.78, 5) is 36.8. The third-order valence-corrected chi connectivity index (χ3v) is 9.36. The largest absolute Gasteiger partial charge is 0.419 e. The number of anilines is 1. The summed E-state index contributed by atoms with van der Waals surface area (Å²) in [5, 5.41) is 14.7. The number of sulfonamides is 1. The first-order valence-electron chi connectivity index (χ1n) is 14.2. The SMILES string of the molecule is CCCCn1c(=O)oc2cc(-c3ccc(C(=O)NS(=O)(=O)c4ccc(NCCSc5ccccc5)c([N+](=O)[O-])c4)cc3)ccc21. The van der Waals surface area contributed by atoms with Gasteiger partial charge in [-0.3, -0.25) is 19.5 Å². The van der Waals surface area contributed by atoms with Crippen LogP contribution in [-0.2, 0) is 16.6 Å². The van der Waals surface area contributed by atoms with Crippen LogP contribution >= 0.6 is 11.8 Å². The second kappa shape index (κ2) is 13.8. The maximum Gasteiger partial charge on any atom is 0.419 e. The van der Waals surface area contributed by atoms with Crippen LogP contribution in [0.1, 0.15) is 30.1 Å². The van der Waals surface area contributed by atoms with Crippen LogP contribution in [0.2, 0.25) is 0 Å². The van der Waals surface area contributed by atoms with Crippen LogP contribution in [0.4, 0.5) is 11.4 Å². The first-order valence-corrected chi connectivity index (χ1v) is 16.6. The number of unbranched alkanes of at least 4 members (excludes halogenated alkanes) is 1. The summed E-state index contributed by atoms with van der Waals surface area (Å²) in [6.45, 7) is 3.02. The van der Waals surface area contributed by atoms with Crippen molar-refractivity contribution < 1.29 is 22.6 Å². The molecule has 232 valence electrons. The van der Waals surface area contributed by atoms with E-state index in [1.54, 1.807) is 34.5 Å². The Morgan fingerprint density at radius 3 is 2.42 bits per heavy atom. The molecule has 0 fully saturated rings. The van der Waals surface area contributed by atoms with E-state index < -0.39 is 37.2 Å². The summed E-state index contributed by atoms with van der Waals surface area (Å²) in [5.41, 5.74) is 2.44. The number of carbonyl (C=O) groups is 1. The molecule has 0 bridgehead atoms. The molecule has 1 aromatic heterocycles. The zero-order chi connectivity index (χ0) is 32.0. The van der Waals surface area contributed by atoms with Crippen LogP contribution in [0.3, 0.4) is 0 Å². The number of nitro groups is 1. The van der Waals surface area contributed by atoms with E-state index in [-0.39, 0.29) is 11.3 Å². The van der Waals surface area contributed by atoms with E-state index in [1.807, 2.05) is 54.1 Å². The van der Waals surface area contributed by atoms with Crippen molar-refractivity contribution >= 4 is 50.2 Å². The predicted molar refractivity (Wildman–Crippen MR) is 174 cm³/mol. The van der Waals surface area contributed by atoms with Crippen LogP contribution in [0.15, 0.2) is 110 Å². The highest BCUT2D eigenvalue weighted by molar-refractivity contribution is 7.99. The van der Waals surface area contributed by atoms with E-state index in [0.29, 0.717) is 29.9 Å². The van der Waals surface area contributed by atoms with Crippen LogP contribution in [0.5, 0.6) is 0 Å². The fourth-order valence-electron chi connectivity index (χ4n) is 4.68. The lowest BCUT2D eigenvalue weighted by atomic mass is 10.0. The Bertz CT molecular complexity index is 2010. The summed E-state index contributed by atoms with van der Waals surface area (Å²) in [5.74, 6) is -0.676. The molecular formula is C32H30N4O7S2. The molecule has 13 heteroatoms. The van der Waals surface area contributed by atoms with Crippen LogP contribution in [0.25, 0.3) is 22.2 Å². The first kappa shape index (κ1) is 31.5. The van der Waals surface area contributed by atoms with Gasteiger partial charge in [0, 0.05) is 35.4 Å². The van der Waals surface area contributed by atoms with Crippen molar-refractivity contribution in [1.82, 2.24) is 9.29 Å². The second-order valence-corrected chi connectivity index (χ2v) is 12.9. The molecule has 11 nitrogen and oxygen atoms in total. The van der Waals surface area contributed by atoms with Crippen molar-refractivity contribution in [3.63, 3.8) is 0 Å². The lowest BCUT2D eigenvalue weighted by molar-refractivity contribution is -0.384. The zero-order valence-electron chi connectivity index (χ0n) is 24.3. The van der Waals surface area contributed by atoms with Gasteiger partial charge in [0.2, 0.25) is 0 Å². The minimum Gasteiger partial charge on any atom is -0.408 e.